The molecule has 1 aliphatic rings. The van der Waals surface area contributed by atoms with Gasteiger partial charge in [0.15, 0.2) is 0 Å². The van der Waals surface area contributed by atoms with Crippen molar-refractivity contribution in [3.05, 3.63) is 32.5 Å². The number of piperidine rings is 1. The smallest absolute Gasteiger partial charge is 0.295 e. The molecule has 1 aromatic rings. The minimum Gasteiger partial charge on any atom is -0.366 e. The number of nitro groups is 1. The zero-order chi connectivity index (χ0) is 13.3. The molecule has 1 fully saturated rings. The van der Waals surface area contributed by atoms with Crippen molar-refractivity contribution in [2.75, 3.05) is 18.0 Å². The molecule has 4 nitrogen and oxygen atoms in total. The summed E-state index contributed by atoms with van der Waals surface area (Å²) in [5.41, 5.74) is 0.338. The third-order valence-corrected chi connectivity index (χ3v) is 3.82. The number of nitro benzene ring substituents is 1. The Bertz CT molecular complexity index is 481. The maximum atomic E-state index is 13.4. The van der Waals surface area contributed by atoms with Crippen LogP contribution in [0.4, 0.5) is 15.8 Å². The van der Waals surface area contributed by atoms with Crippen molar-refractivity contribution < 1.29 is 9.31 Å². The van der Waals surface area contributed by atoms with E-state index in [1.54, 1.807) is 0 Å². The monoisotopic (exact) mass is 316 g/mol. The van der Waals surface area contributed by atoms with Gasteiger partial charge in [-0.1, -0.05) is 6.92 Å². The Hall–Kier alpha value is -1.17. The van der Waals surface area contributed by atoms with Crippen molar-refractivity contribution >= 4 is 27.3 Å². The summed E-state index contributed by atoms with van der Waals surface area (Å²) in [7, 11) is 0. The van der Waals surface area contributed by atoms with Crippen LogP contribution in [0.5, 0.6) is 0 Å². The van der Waals surface area contributed by atoms with Crippen LogP contribution in [-0.4, -0.2) is 18.0 Å². The molecule has 0 aromatic heterocycles. The Morgan fingerprint density at radius 1 is 1.56 bits per heavy atom. The van der Waals surface area contributed by atoms with E-state index >= 15 is 0 Å². The third-order valence-electron chi connectivity index (χ3n) is 3.21. The van der Waals surface area contributed by atoms with E-state index in [9.17, 15) is 14.5 Å². The first-order valence-electron chi connectivity index (χ1n) is 5.87. The highest BCUT2D eigenvalue weighted by molar-refractivity contribution is 9.10. The molecule has 0 spiro atoms. The molecule has 0 N–H and O–H groups in total. The van der Waals surface area contributed by atoms with Crippen molar-refractivity contribution in [1.82, 2.24) is 0 Å². The molecular weight excluding hydrogens is 303 g/mol. The minimum absolute atomic E-state index is 0.162. The molecule has 1 atom stereocenters. The van der Waals surface area contributed by atoms with Crippen LogP contribution >= 0.6 is 15.9 Å². The maximum Gasteiger partial charge on any atom is 0.295 e. The first-order valence-corrected chi connectivity index (χ1v) is 6.66. The van der Waals surface area contributed by atoms with Crippen LogP contribution in [0.25, 0.3) is 0 Å². The number of rotatable bonds is 2. The second-order valence-electron chi connectivity index (χ2n) is 4.71. The number of nitrogens with zero attached hydrogens (tertiary/aromatic N) is 2. The van der Waals surface area contributed by atoms with Crippen molar-refractivity contribution in [1.29, 1.82) is 0 Å². The normalized spacial score (nSPS) is 19.9. The molecule has 6 heteroatoms. The van der Waals surface area contributed by atoms with Gasteiger partial charge in [0, 0.05) is 13.1 Å². The van der Waals surface area contributed by atoms with Crippen LogP contribution in [0, 0.1) is 21.8 Å². The summed E-state index contributed by atoms with van der Waals surface area (Å²) in [6.07, 6.45) is 2.14. The van der Waals surface area contributed by atoms with Crippen molar-refractivity contribution in [2.24, 2.45) is 5.92 Å². The molecule has 0 amide bonds. The number of hydrogen-bond acceptors (Lipinski definition) is 3. The van der Waals surface area contributed by atoms with Gasteiger partial charge in [-0.05, 0) is 40.8 Å². The van der Waals surface area contributed by atoms with Gasteiger partial charge in [-0.15, -0.1) is 0 Å². The van der Waals surface area contributed by atoms with Crippen LogP contribution in [-0.2, 0) is 0 Å². The highest BCUT2D eigenvalue weighted by atomic mass is 79.9. The molecule has 1 unspecified atom stereocenters. The summed E-state index contributed by atoms with van der Waals surface area (Å²) in [5, 5.41) is 11.0. The van der Waals surface area contributed by atoms with E-state index in [4.69, 9.17) is 0 Å². The predicted molar refractivity (Wildman–Crippen MR) is 71.4 cm³/mol. The molecule has 1 aliphatic heterocycles. The van der Waals surface area contributed by atoms with Crippen LogP contribution in [0.1, 0.15) is 19.8 Å². The van der Waals surface area contributed by atoms with Gasteiger partial charge in [0.05, 0.1) is 15.5 Å². The molecule has 98 valence electrons. The minimum atomic E-state index is -0.601. The fourth-order valence-corrected chi connectivity index (χ4v) is 2.66. The lowest BCUT2D eigenvalue weighted by Crippen LogP contribution is -2.34. The molecule has 0 radical (unpaired) electrons. The maximum absolute atomic E-state index is 13.4. The first kappa shape index (κ1) is 13.3. The summed E-state index contributed by atoms with van der Waals surface area (Å²) in [6.45, 7) is 3.68. The molecule has 2 rings (SSSR count). The van der Waals surface area contributed by atoms with E-state index in [2.05, 4.69) is 22.9 Å². The summed E-state index contributed by atoms with van der Waals surface area (Å²) in [6, 6.07) is 2.49. The predicted octanol–water partition coefficient (Wildman–Crippen LogP) is 3.73. The molecular formula is C12H14BrFN2O2. The van der Waals surface area contributed by atoms with E-state index in [1.165, 1.54) is 6.07 Å². The van der Waals surface area contributed by atoms with E-state index < -0.39 is 10.7 Å². The summed E-state index contributed by atoms with van der Waals surface area (Å²) in [4.78, 5) is 12.5. The van der Waals surface area contributed by atoms with Gasteiger partial charge < -0.3 is 4.90 Å². The highest BCUT2D eigenvalue weighted by Gasteiger charge is 2.25. The second kappa shape index (κ2) is 5.22. The van der Waals surface area contributed by atoms with Gasteiger partial charge in [0.25, 0.3) is 5.69 Å². The number of halogens is 2. The Balaban J connectivity index is 2.41. The van der Waals surface area contributed by atoms with Crippen LogP contribution < -0.4 is 4.90 Å². The lowest BCUT2D eigenvalue weighted by molar-refractivity contribution is -0.384. The number of benzene rings is 1. The van der Waals surface area contributed by atoms with E-state index in [0.29, 0.717) is 11.6 Å². The molecule has 1 heterocycles. The van der Waals surface area contributed by atoms with Crippen LogP contribution in [0.3, 0.4) is 0 Å². The average molecular weight is 317 g/mol. The topological polar surface area (TPSA) is 46.4 Å². The van der Waals surface area contributed by atoms with Crippen LogP contribution in [0.15, 0.2) is 16.6 Å². The van der Waals surface area contributed by atoms with Gasteiger partial charge in [0.2, 0.25) is 0 Å². The quantitative estimate of drug-likeness (QED) is 0.617. The molecule has 1 saturated heterocycles. The Morgan fingerprint density at radius 2 is 2.28 bits per heavy atom. The van der Waals surface area contributed by atoms with Gasteiger partial charge in [0.1, 0.15) is 11.5 Å². The lowest BCUT2D eigenvalue weighted by atomic mass is 9.99. The van der Waals surface area contributed by atoms with E-state index in [-0.39, 0.29) is 10.2 Å². The number of anilines is 1. The van der Waals surface area contributed by atoms with Gasteiger partial charge in [-0.25, -0.2) is 4.39 Å². The summed E-state index contributed by atoms with van der Waals surface area (Å²) in [5.74, 6) is -0.0994. The molecule has 0 bridgehead atoms. The van der Waals surface area contributed by atoms with Crippen molar-refractivity contribution in [3.8, 4) is 0 Å². The Kier molecular flexibility index (Phi) is 3.85. The summed E-state index contributed by atoms with van der Waals surface area (Å²) < 4.78 is 13.7. The summed E-state index contributed by atoms with van der Waals surface area (Å²) >= 11 is 3.09. The fourth-order valence-electron chi connectivity index (χ4n) is 2.33. The van der Waals surface area contributed by atoms with Crippen molar-refractivity contribution in [2.45, 2.75) is 19.8 Å². The molecule has 0 aliphatic carbocycles. The van der Waals surface area contributed by atoms with Crippen molar-refractivity contribution in [3.63, 3.8) is 0 Å². The average Bonchev–Trinajstić information content (AvgIpc) is 2.31. The third kappa shape index (κ3) is 2.63. The molecule has 0 saturated carbocycles. The van der Waals surface area contributed by atoms with Gasteiger partial charge in [-0.2, -0.15) is 0 Å². The highest BCUT2D eigenvalue weighted by Crippen LogP contribution is 2.35. The van der Waals surface area contributed by atoms with E-state index in [0.717, 1.165) is 32.0 Å². The lowest BCUT2D eigenvalue weighted by Gasteiger charge is -2.32. The zero-order valence-corrected chi connectivity index (χ0v) is 11.6. The Labute approximate surface area is 113 Å². The number of hydrogen-bond donors (Lipinski definition) is 0. The van der Waals surface area contributed by atoms with Crippen LogP contribution in [0.2, 0.25) is 0 Å². The largest absolute Gasteiger partial charge is 0.366 e. The zero-order valence-electron chi connectivity index (χ0n) is 10.0. The standard InChI is InChI=1S/C12H14BrFN2O2/c1-8-3-2-4-15(7-8)11-5-9(13)10(14)6-12(11)16(17)18/h5-6,8H,2-4,7H2,1H3. The van der Waals surface area contributed by atoms with E-state index in [1.807, 2.05) is 4.90 Å². The second-order valence-corrected chi connectivity index (χ2v) is 5.56. The van der Waals surface area contributed by atoms with Gasteiger partial charge in [-0.3, -0.25) is 10.1 Å². The molecule has 18 heavy (non-hydrogen) atoms. The first-order chi connectivity index (χ1) is 8.49. The Morgan fingerprint density at radius 3 is 2.89 bits per heavy atom. The SMILES string of the molecule is CC1CCCN(c2cc(Br)c(F)cc2[N+](=O)[O-])C1. The van der Waals surface area contributed by atoms with Gasteiger partial charge >= 0.3 is 0 Å². The fraction of sp³-hybridized carbons (Fsp3) is 0.500. The molecule has 1 aromatic carbocycles.